The van der Waals surface area contributed by atoms with E-state index >= 15 is 0 Å². The number of aliphatic hydroxyl groups excluding tert-OH is 1. The number of rotatable bonds is 3. The number of hydrogen-bond donors (Lipinski definition) is 2. The fraction of sp³-hybridized carbons (Fsp3) is 0.625. The number of carbonyl (C=O) groups excluding carboxylic acids is 1. The van der Waals surface area contributed by atoms with Gasteiger partial charge in [-0.1, -0.05) is 12.5 Å². The van der Waals surface area contributed by atoms with Crippen LogP contribution in [0.2, 0.25) is 0 Å². The summed E-state index contributed by atoms with van der Waals surface area (Å²) in [5.41, 5.74) is 0.352. The Bertz CT molecular complexity index is 497. The van der Waals surface area contributed by atoms with E-state index in [2.05, 4.69) is 10.3 Å². The monoisotopic (exact) mass is 292 g/mol. The molecule has 2 rings (SSSR count). The molecule has 1 heterocycles. The van der Waals surface area contributed by atoms with Gasteiger partial charge in [0.15, 0.2) is 0 Å². The van der Waals surface area contributed by atoms with Crippen LogP contribution in [0.5, 0.6) is 0 Å². The maximum atomic E-state index is 11.7. The molecule has 116 valence electrons. The normalized spacial score (nSPS) is 22.1. The van der Waals surface area contributed by atoms with Crippen molar-refractivity contribution in [1.82, 2.24) is 4.98 Å². The molecule has 0 saturated heterocycles. The second-order valence-corrected chi connectivity index (χ2v) is 6.60. The van der Waals surface area contributed by atoms with Gasteiger partial charge in [0.1, 0.15) is 11.4 Å². The summed E-state index contributed by atoms with van der Waals surface area (Å²) in [6.45, 7) is 5.45. The lowest BCUT2D eigenvalue weighted by atomic mass is 9.99. The Hall–Kier alpha value is -1.62. The van der Waals surface area contributed by atoms with Crippen molar-refractivity contribution in [3.05, 3.63) is 23.9 Å². The van der Waals surface area contributed by atoms with Crippen LogP contribution in [0.4, 0.5) is 10.6 Å². The van der Waals surface area contributed by atoms with Crippen molar-refractivity contribution in [2.75, 3.05) is 5.32 Å². The van der Waals surface area contributed by atoms with E-state index in [1.807, 2.05) is 32.9 Å². The number of carbonyl (C=O) groups is 1. The lowest BCUT2D eigenvalue weighted by Gasteiger charge is -2.19. The van der Waals surface area contributed by atoms with E-state index in [4.69, 9.17) is 4.74 Å². The first-order chi connectivity index (χ1) is 9.83. The van der Waals surface area contributed by atoms with Crippen LogP contribution in [0, 0.1) is 5.92 Å². The number of aliphatic hydroxyl groups is 1. The van der Waals surface area contributed by atoms with Crippen LogP contribution in [0.25, 0.3) is 0 Å². The summed E-state index contributed by atoms with van der Waals surface area (Å²) in [4.78, 5) is 16.1. The summed E-state index contributed by atoms with van der Waals surface area (Å²) in [5, 5.41) is 12.5. The molecule has 1 aromatic heterocycles. The molecule has 0 spiro atoms. The first kappa shape index (κ1) is 15.8. The number of aromatic nitrogens is 1. The van der Waals surface area contributed by atoms with E-state index in [1.165, 1.54) is 0 Å². The highest BCUT2D eigenvalue weighted by Gasteiger charge is 2.25. The zero-order chi connectivity index (χ0) is 15.5. The lowest BCUT2D eigenvalue weighted by molar-refractivity contribution is 0.0635. The van der Waals surface area contributed by atoms with E-state index in [1.54, 1.807) is 6.07 Å². The lowest BCUT2D eigenvalue weighted by Crippen LogP contribution is -2.27. The molecule has 21 heavy (non-hydrogen) atoms. The predicted octanol–water partition coefficient (Wildman–Crippen LogP) is 3.13. The minimum absolute atomic E-state index is 0.228. The highest BCUT2D eigenvalue weighted by Crippen LogP contribution is 2.28. The van der Waals surface area contributed by atoms with Crippen LogP contribution < -0.4 is 5.32 Å². The Morgan fingerprint density at radius 3 is 2.81 bits per heavy atom. The second kappa shape index (κ2) is 6.43. The zero-order valence-electron chi connectivity index (χ0n) is 12.9. The van der Waals surface area contributed by atoms with Crippen molar-refractivity contribution in [3.63, 3.8) is 0 Å². The molecule has 5 nitrogen and oxygen atoms in total. The molecule has 1 saturated carbocycles. The standard InChI is InChI=1S/C16H24N2O3/c1-16(2,3)21-15(20)18-14-9-5-7-12(17-14)10-11-6-4-8-13(11)19/h5,7,9,11,13,19H,4,6,8,10H2,1-3H3,(H,17,18,20)/t11-,13+/m1/s1. The SMILES string of the molecule is CC(C)(C)OC(=O)Nc1cccc(C[C@H]2CCC[C@@H]2O)n1. The molecule has 1 aliphatic rings. The van der Waals surface area contributed by atoms with E-state index in [0.717, 1.165) is 31.4 Å². The van der Waals surface area contributed by atoms with Crippen molar-refractivity contribution in [1.29, 1.82) is 0 Å². The number of amides is 1. The quantitative estimate of drug-likeness (QED) is 0.898. The van der Waals surface area contributed by atoms with Gasteiger partial charge in [0.25, 0.3) is 0 Å². The minimum Gasteiger partial charge on any atom is -0.444 e. The molecule has 0 unspecified atom stereocenters. The topological polar surface area (TPSA) is 71.5 Å². The van der Waals surface area contributed by atoms with Crippen molar-refractivity contribution < 1.29 is 14.6 Å². The van der Waals surface area contributed by atoms with Crippen molar-refractivity contribution in [2.24, 2.45) is 5.92 Å². The molecule has 2 atom stereocenters. The molecular weight excluding hydrogens is 268 g/mol. The molecule has 0 radical (unpaired) electrons. The van der Waals surface area contributed by atoms with Crippen LogP contribution in [0.15, 0.2) is 18.2 Å². The fourth-order valence-electron chi connectivity index (χ4n) is 2.60. The maximum Gasteiger partial charge on any atom is 0.413 e. The smallest absolute Gasteiger partial charge is 0.413 e. The van der Waals surface area contributed by atoms with Crippen LogP contribution in [0.3, 0.4) is 0 Å². The Kier molecular flexibility index (Phi) is 4.83. The Balaban J connectivity index is 1.96. The Labute approximate surface area is 125 Å². The van der Waals surface area contributed by atoms with Crippen LogP contribution in [-0.4, -0.2) is 27.9 Å². The fourth-order valence-corrected chi connectivity index (χ4v) is 2.60. The second-order valence-electron chi connectivity index (χ2n) is 6.60. The molecule has 0 aromatic carbocycles. The van der Waals surface area contributed by atoms with Gasteiger partial charge < -0.3 is 9.84 Å². The minimum atomic E-state index is -0.532. The van der Waals surface area contributed by atoms with Crippen molar-refractivity contribution in [3.8, 4) is 0 Å². The average Bonchev–Trinajstić information content (AvgIpc) is 2.73. The molecule has 2 N–H and O–H groups in total. The molecule has 1 fully saturated rings. The molecule has 1 aromatic rings. The van der Waals surface area contributed by atoms with Crippen molar-refractivity contribution >= 4 is 11.9 Å². The summed E-state index contributed by atoms with van der Waals surface area (Å²) in [6.07, 6.45) is 2.99. The highest BCUT2D eigenvalue weighted by atomic mass is 16.6. The van der Waals surface area contributed by atoms with Crippen LogP contribution in [-0.2, 0) is 11.2 Å². The molecule has 0 aliphatic heterocycles. The van der Waals surface area contributed by atoms with Gasteiger partial charge in [0.05, 0.1) is 6.10 Å². The maximum absolute atomic E-state index is 11.7. The highest BCUT2D eigenvalue weighted by molar-refractivity contribution is 5.83. The summed E-state index contributed by atoms with van der Waals surface area (Å²) in [6, 6.07) is 5.51. The summed E-state index contributed by atoms with van der Waals surface area (Å²) < 4.78 is 5.20. The molecular formula is C16H24N2O3. The number of ether oxygens (including phenoxy) is 1. The van der Waals surface area contributed by atoms with E-state index < -0.39 is 11.7 Å². The average molecular weight is 292 g/mol. The molecule has 1 aliphatic carbocycles. The van der Waals surface area contributed by atoms with Gasteiger partial charge in [-0.15, -0.1) is 0 Å². The summed E-state index contributed by atoms with van der Waals surface area (Å²) in [7, 11) is 0. The molecule has 5 heteroatoms. The van der Waals surface area contributed by atoms with Gasteiger partial charge in [-0.2, -0.15) is 0 Å². The third kappa shape index (κ3) is 5.01. The third-order valence-electron chi connectivity index (χ3n) is 3.53. The summed E-state index contributed by atoms with van der Waals surface area (Å²) >= 11 is 0. The van der Waals surface area contributed by atoms with Crippen LogP contribution in [0.1, 0.15) is 45.7 Å². The van der Waals surface area contributed by atoms with Crippen molar-refractivity contribution in [2.45, 2.75) is 58.2 Å². The predicted molar refractivity (Wildman–Crippen MR) is 81.1 cm³/mol. The van der Waals surface area contributed by atoms with E-state index in [-0.39, 0.29) is 12.0 Å². The Morgan fingerprint density at radius 1 is 1.43 bits per heavy atom. The van der Waals surface area contributed by atoms with Gasteiger partial charge in [-0.3, -0.25) is 5.32 Å². The van der Waals surface area contributed by atoms with Gasteiger partial charge in [0.2, 0.25) is 0 Å². The third-order valence-corrected chi connectivity index (χ3v) is 3.53. The number of nitrogens with zero attached hydrogens (tertiary/aromatic N) is 1. The summed E-state index contributed by atoms with van der Waals surface area (Å²) in [5.74, 6) is 0.753. The number of nitrogens with one attached hydrogen (secondary N) is 1. The number of pyridine rings is 1. The molecule has 0 bridgehead atoms. The number of hydrogen-bond acceptors (Lipinski definition) is 4. The Morgan fingerprint density at radius 2 is 2.19 bits per heavy atom. The van der Waals surface area contributed by atoms with Crippen LogP contribution >= 0.6 is 0 Å². The zero-order valence-corrected chi connectivity index (χ0v) is 12.9. The first-order valence-electron chi connectivity index (χ1n) is 7.47. The first-order valence-corrected chi connectivity index (χ1v) is 7.47. The van der Waals surface area contributed by atoms with Gasteiger partial charge in [-0.05, 0) is 58.1 Å². The van der Waals surface area contributed by atoms with Gasteiger partial charge in [0, 0.05) is 5.69 Å². The number of anilines is 1. The van der Waals surface area contributed by atoms with E-state index in [9.17, 15) is 9.90 Å². The largest absolute Gasteiger partial charge is 0.444 e. The molecule has 1 amide bonds. The van der Waals surface area contributed by atoms with Gasteiger partial charge >= 0.3 is 6.09 Å². The van der Waals surface area contributed by atoms with E-state index in [0.29, 0.717) is 5.82 Å². The van der Waals surface area contributed by atoms with Gasteiger partial charge in [-0.25, -0.2) is 9.78 Å².